The number of rotatable bonds is 3. The molecule has 0 spiro atoms. The number of benzene rings is 1. The third kappa shape index (κ3) is 3.85. The van der Waals surface area contributed by atoms with Crippen LogP contribution in [-0.4, -0.2) is 16.7 Å². The minimum atomic E-state index is -0.605. The zero-order valence-corrected chi connectivity index (χ0v) is 14.4. The molecule has 8 heteroatoms. The van der Waals surface area contributed by atoms with Crippen LogP contribution in [0.2, 0.25) is 0 Å². The highest BCUT2D eigenvalue weighted by molar-refractivity contribution is 7.14. The van der Waals surface area contributed by atoms with Gasteiger partial charge >= 0.3 is 0 Å². The lowest BCUT2D eigenvalue weighted by Crippen LogP contribution is -2.41. The van der Waals surface area contributed by atoms with E-state index in [1.54, 1.807) is 0 Å². The molecule has 0 radical (unpaired) electrons. The van der Waals surface area contributed by atoms with Crippen molar-refractivity contribution in [3.63, 3.8) is 0 Å². The van der Waals surface area contributed by atoms with Crippen LogP contribution in [0.1, 0.15) is 43.8 Å². The van der Waals surface area contributed by atoms with Crippen molar-refractivity contribution in [1.29, 1.82) is 0 Å². The fraction of sp³-hybridized carbons (Fsp3) is 0.294. The molecule has 2 aromatic rings. The number of hydrogen-bond acceptors (Lipinski definition) is 5. The predicted molar refractivity (Wildman–Crippen MR) is 93.5 cm³/mol. The molecule has 130 valence electrons. The Kier molecular flexibility index (Phi) is 4.80. The monoisotopic (exact) mass is 359 g/mol. The average Bonchev–Trinajstić information content (AvgIpc) is 3.02. The van der Waals surface area contributed by atoms with Gasteiger partial charge in [-0.2, -0.15) is 0 Å². The van der Waals surface area contributed by atoms with E-state index in [9.17, 15) is 19.7 Å². The molecule has 0 fully saturated rings. The van der Waals surface area contributed by atoms with Gasteiger partial charge in [0.1, 0.15) is 0 Å². The van der Waals surface area contributed by atoms with Gasteiger partial charge in [0.15, 0.2) is 0 Å². The number of thiophene rings is 1. The van der Waals surface area contributed by atoms with Crippen LogP contribution in [0.15, 0.2) is 30.3 Å². The molecule has 1 heterocycles. The number of non-ortho nitro benzene ring substituents is 1. The van der Waals surface area contributed by atoms with Crippen molar-refractivity contribution in [3.8, 4) is 0 Å². The van der Waals surface area contributed by atoms with Gasteiger partial charge in [0, 0.05) is 22.6 Å². The number of hydrazine groups is 1. The SMILES string of the molecule is C[C@H]1CCc2sc(C(=O)NNC(=O)c3cccc([N+](=O)[O-])c3)cc2C1. The van der Waals surface area contributed by atoms with Crippen molar-refractivity contribution in [2.24, 2.45) is 5.92 Å². The molecule has 25 heavy (non-hydrogen) atoms. The van der Waals surface area contributed by atoms with Crippen LogP contribution in [0.25, 0.3) is 0 Å². The Hall–Kier alpha value is -2.74. The summed E-state index contributed by atoms with van der Waals surface area (Å²) >= 11 is 1.45. The lowest BCUT2D eigenvalue weighted by Gasteiger charge is -2.16. The van der Waals surface area contributed by atoms with Gasteiger partial charge in [0.05, 0.1) is 9.80 Å². The maximum absolute atomic E-state index is 12.2. The van der Waals surface area contributed by atoms with E-state index in [0.717, 1.165) is 25.3 Å². The molecule has 2 amide bonds. The topological polar surface area (TPSA) is 101 Å². The highest BCUT2D eigenvalue weighted by atomic mass is 32.1. The molecule has 0 saturated heterocycles. The minimum absolute atomic E-state index is 0.105. The molecule has 1 aromatic carbocycles. The summed E-state index contributed by atoms with van der Waals surface area (Å²) in [4.78, 5) is 36.2. The molecule has 1 aliphatic rings. The van der Waals surface area contributed by atoms with Crippen LogP contribution in [-0.2, 0) is 12.8 Å². The first-order valence-electron chi connectivity index (χ1n) is 7.90. The van der Waals surface area contributed by atoms with E-state index >= 15 is 0 Å². The van der Waals surface area contributed by atoms with E-state index in [2.05, 4.69) is 17.8 Å². The predicted octanol–water partition coefficient (Wildman–Crippen LogP) is 2.86. The number of nitro groups is 1. The van der Waals surface area contributed by atoms with Crippen LogP contribution in [0, 0.1) is 16.0 Å². The molecule has 0 unspecified atom stereocenters. The molecule has 1 aromatic heterocycles. The lowest BCUT2D eigenvalue weighted by molar-refractivity contribution is -0.384. The minimum Gasteiger partial charge on any atom is -0.267 e. The van der Waals surface area contributed by atoms with Crippen molar-refractivity contribution in [2.45, 2.75) is 26.2 Å². The molecule has 0 bridgehead atoms. The normalized spacial score (nSPS) is 16.0. The summed E-state index contributed by atoms with van der Waals surface area (Å²) < 4.78 is 0. The zero-order chi connectivity index (χ0) is 18.0. The third-order valence-corrected chi connectivity index (χ3v) is 5.40. The van der Waals surface area contributed by atoms with Gasteiger partial charge in [0.25, 0.3) is 17.5 Å². The number of amides is 2. The van der Waals surface area contributed by atoms with Gasteiger partial charge < -0.3 is 0 Å². The van der Waals surface area contributed by atoms with Crippen molar-refractivity contribution in [2.75, 3.05) is 0 Å². The van der Waals surface area contributed by atoms with E-state index in [0.29, 0.717) is 10.8 Å². The Bertz CT molecular complexity index is 846. The Morgan fingerprint density at radius 1 is 1.24 bits per heavy atom. The Morgan fingerprint density at radius 3 is 2.76 bits per heavy atom. The van der Waals surface area contributed by atoms with Crippen LogP contribution in [0.4, 0.5) is 5.69 Å². The van der Waals surface area contributed by atoms with Gasteiger partial charge in [-0.05, 0) is 42.9 Å². The van der Waals surface area contributed by atoms with Crippen LogP contribution in [0.5, 0.6) is 0 Å². The van der Waals surface area contributed by atoms with Gasteiger partial charge in [-0.3, -0.25) is 30.6 Å². The Balaban J connectivity index is 1.63. The van der Waals surface area contributed by atoms with Crippen LogP contribution in [0.3, 0.4) is 0 Å². The van der Waals surface area contributed by atoms with Gasteiger partial charge in [-0.25, -0.2) is 0 Å². The number of nitrogens with one attached hydrogen (secondary N) is 2. The van der Waals surface area contributed by atoms with Gasteiger partial charge in [-0.15, -0.1) is 11.3 Å². The number of fused-ring (bicyclic) bond motifs is 1. The van der Waals surface area contributed by atoms with Crippen molar-refractivity contribution in [1.82, 2.24) is 10.9 Å². The number of nitro benzene ring substituents is 1. The summed E-state index contributed by atoms with van der Waals surface area (Å²) in [6.07, 6.45) is 3.08. The van der Waals surface area contributed by atoms with Crippen LogP contribution < -0.4 is 10.9 Å². The number of nitrogens with zero attached hydrogens (tertiary/aromatic N) is 1. The average molecular weight is 359 g/mol. The number of hydrogen-bond donors (Lipinski definition) is 2. The van der Waals surface area contributed by atoms with Crippen molar-refractivity contribution in [3.05, 3.63) is 61.3 Å². The molecule has 1 aliphatic carbocycles. The maximum Gasteiger partial charge on any atom is 0.279 e. The number of carbonyl (C=O) groups is 2. The molecule has 0 saturated carbocycles. The van der Waals surface area contributed by atoms with Gasteiger partial charge in [0.2, 0.25) is 0 Å². The number of carbonyl (C=O) groups excluding carboxylic acids is 2. The van der Waals surface area contributed by atoms with Crippen LogP contribution >= 0.6 is 11.3 Å². The fourth-order valence-electron chi connectivity index (χ4n) is 2.83. The van der Waals surface area contributed by atoms with Crippen molar-refractivity contribution < 1.29 is 14.5 Å². The first-order chi connectivity index (χ1) is 11.9. The summed E-state index contributed by atoms with van der Waals surface area (Å²) in [5, 5.41) is 10.8. The highest BCUT2D eigenvalue weighted by Crippen LogP contribution is 2.32. The van der Waals surface area contributed by atoms with E-state index in [1.165, 1.54) is 40.0 Å². The summed E-state index contributed by atoms with van der Waals surface area (Å²) in [6, 6.07) is 7.20. The smallest absolute Gasteiger partial charge is 0.267 e. The largest absolute Gasteiger partial charge is 0.279 e. The number of aryl methyl sites for hydroxylation is 1. The quantitative estimate of drug-likeness (QED) is 0.650. The molecule has 3 rings (SSSR count). The first-order valence-corrected chi connectivity index (χ1v) is 8.72. The molecule has 2 N–H and O–H groups in total. The maximum atomic E-state index is 12.2. The highest BCUT2D eigenvalue weighted by Gasteiger charge is 2.21. The second-order valence-electron chi connectivity index (χ2n) is 6.12. The van der Waals surface area contributed by atoms with E-state index in [4.69, 9.17) is 0 Å². The zero-order valence-electron chi connectivity index (χ0n) is 13.6. The lowest BCUT2D eigenvalue weighted by atomic mass is 9.90. The van der Waals surface area contributed by atoms with E-state index in [-0.39, 0.29) is 17.2 Å². The standard InChI is InChI=1S/C17H17N3O4S/c1-10-5-6-14-12(7-10)9-15(25-14)17(22)19-18-16(21)11-3-2-4-13(8-11)20(23)24/h2-4,8-10H,5-7H2,1H3,(H,18,21)(H,19,22)/t10-/m0/s1. The van der Waals surface area contributed by atoms with Gasteiger partial charge in [-0.1, -0.05) is 13.0 Å². The Morgan fingerprint density at radius 2 is 2.00 bits per heavy atom. The molecular formula is C17H17N3O4S. The summed E-state index contributed by atoms with van der Waals surface area (Å²) in [5.41, 5.74) is 5.80. The summed E-state index contributed by atoms with van der Waals surface area (Å²) in [5.74, 6) is -0.371. The second-order valence-corrected chi connectivity index (χ2v) is 7.26. The molecule has 0 aliphatic heterocycles. The molecule has 1 atom stereocenters. The first kappa shape index (κ1) is 17.1. The van der Waals surface area contributed by atoms with E-state index < -0.39 is 10.8 Å². The summed E-state index contributed by atoms with van der Waals surface area (Å²) in [7, 11) is 0. The molecular weight excluding hydrogens is 342 g/mol. The summed E-state index contributed by atoms with van der Waals surface area (Å²) in [6.45, 7) is 2.19. The van der Waals surface area contributed by atoms with Crippen molar-refractivity contribution >= 4 is 28.8 Å². The third-order valence-electron chi connectivity index (χ3n) is 4.16. The Labute approximate surface area is 148 Å². The second kappa shape index (κ2) is 7.02. The fourth-order valence-corrected chi connectivity index (χ4v) is 3.93. The van der Waals surface area contributed by atoms with E-state index in [1.807, 2.05) is 6.07 Å². The molecule has 7 nitrogen and oxygen atoms in total.